The van der Waals surface area contributed by atoms with Gasteiger partial charge in [-0.05, 0) is 31.3 Å². The topological polar surface area (TPSA) is 17.1 Å². The fourth-order valence-corrected chi connectivity index (χ4v) is 1.74. The number of allylic oxidation sites excluding steroid dienone is 2. The molecule has 0 unspecified atom stereocenters. The van der Waals surface area contributed by atoms with Gasteiger partial charge in [-0.3, -0.25) is 4.79 Å². The van der Waals surface area contributed by atoms with Crippen molar-refractivity contribution in [2.24, 2.45) is 0 Å². The van der Waals surface area contributed by atoms with Gasteiger partial charge in [0.15, 0.2) is 0 Å². The van der Waals surface area contributed by atoms with E-state index in [0.717, 1.165) is 50.4 Å². The molecule has 1 heteroatoms. The van der Waals surface area contributed by atoms with E-state index in [2.05, 4.69) is 20.8 Å². The van der Waals surface area contributed by atoms with Crippen molar-refractivity contribution in [1.29, 1.82) is 0 Å². The minimum atomic E-state index is 0.981. The second-order valence-electron chi connectivity index (χ2n) is 3.85. The molecule has 0 saturated carbocycles. The van der Waals surface area contributed by atoms with Crippen LogP contribution in [0.3, 0.4) is 0 Å². The maximum Gasteiger partial charge on any atom is 0.145 e. The summed E-state index contributed by atoms with van der Waals surface area (Å²) in [6, 6.07) is 0. The molecule has 0 saturated heterocycles. The van der Waals surface area contributed by atoms with E-state index in [-0.39, 0.29) is 0 Å². The molecule has 0 aromatic rings. The van der Waals surface area contributed by atoms with Crippen LogP contribution in [0.5, 0.6) is 0 Å². The van der Waals surface area contributed by atoms with E-state index in [1.165, 1.54) is 12.0 Å². The molecule has 1 nitrogen and oxygen atoms in total. The fraction of sp³-hybridized carbons (Fsp3) is 0.769. The van der Waals surface area contributed by atoms with Crippen molar-refractivity contribution in [2.45, 2.75) is 65.7 Å². The van der Waals surface area contributed by atoms with Gasteiger partial charge < -0.3 is 0 Å². The molecule has 0 N–H and O–H groups in total. The molecule has 0 amide bonds. The van der Waals surface area contributed by atoms with Gasteiger partial charge in [0, 0.05) is 0 Å². The molecule has 0 aliphatic carbocycles. The molecule has 0 aliphatic rings. The fourth-order valence-electron chi connectivity index (χ4n) is 1.74. The number of aldehydes is 1. The standard InChI is InChI=1S/C13H24O/c1-4-7-10-13(11-14)12(8-5-2)9-6-3/h11H,4-10H2,1-3H3. The first-order chi connectivity index (χ1) is 6.79. The number of carbonyl (C=O) groups is 1. The molecule has 0 heterocycles. The Kier molecular flexibility index (Phi) is 8.61. The molecule has 0 aromatic carbocycles. The van der Waals surface area contributed by atoms with Crippen LogP contribution in [0.25, 0.3) is 0 Å². The number of hydrogen-bond acceptors (Lipinski definition) is 1. The Morgan fingerprint density at radius 3 is 1.86 bits per heavy atom. The second-order valence-corrected chi connectivity index (χ2v) is 3.85. The molecule has 0 bridgehead atoms. The molecular weight excluding hydrogens is 172 g/mol. The predicted molar refractivity (Wildman–Crippen MR) is 62.4 cm³/mol. The summed E-state index contributed by atoms with van der Waals surface area (Å²) >= 11 is 0. The summed E-state index contributed by atoms with van der Waals surface area (Å²) in [5.74, 6) is 0. The smallest absolute Gasteiger partial charge is 0.145 e. The summed E-state index contributed by atoms with van der Waals surface area (Å²) in [4.78, 5) is 10.9. The van der Waals surface area contributed by atoms with Gasteiger partial charge in [0.1, 0.15) is 6.29 Å². The zero-order valence-corrected chi connectivity index (χ0v) is 9.94. The van der Waals surface area contributed by atoms with Gasteiger partial charge >= 0.3 is 0 Å². The third-order valence-electron chi connectivity index (χ3n) is 2.50. The van der Waals surface area contributed by atoms with Gasteiger partial charge in [0.25, 0.3) is 0 Å². The molecule has 0 aliphatic heterocycles. The van der Waals surface area contributed by atoms with Crippen LogP contribution in [-0.2, 0) is 4.79 Å². The van der Waals surface area contributed by atoms with Crippen molar-refractivity contribution in [1.82, 2.24) is 0 Å². The normalized spacial score (nSPS) is 9.93. The van der Waals surface area contributed by atoms with Gasteiger partial charge in [-0.1, -0.05) is 45.6 Å². The Labute approximate surface area is 88.6 Å². The van der Waals surface area contributed by atoms with E-state index in [4.69, 9.17) is 0 Å². The van der Waals surface area contributed by atoms with Gasteiger partial charge in [-0.2, -0.15) is 0 Å². The quantitative estimate of drug-likeness (QED) is 0.418. The van der Waals surface area contributed by atoms with E-state index in [1.807, 2.05) is 0 Å². The molecule has 0 radical (unpaired) electrons. The molecular formula is C13H24O. The minimum absolute atomic E-state index is 0.981. The molecule has 0 fully saturated rings. The molecule has 0 rings (SSSR count). The largest absolute Gasteiger partial charge is 0.298 e. The lowest BCUT2D eigenvalue weighted by Gasteiger charge is -2.09. The molecule has 14 heavy (non-hydrogen) atoms. The van der Waals surface area contributed by atoms with Crippen molar-refractivity contribution < 1.29 is 4.79 Å². The Bertz CT molecular complexity index is 172. The predicted octanol–water partition coefficient (Wildman–Crippen LogP) is 4.27. The Balaban J connectivity index is 4.41. The average molecular weight is 196 g/mol. The van der Waals surface area contributed by atoms with E-state index >= 15 is 0 Å². The highest BCUT2D eigenvalue weighted by Gasteiger charge is 2.04. The summed E-state index contributed by atoms with van der Waals surface area (Å²) in [5.41, 5.74) is 2.48. The van der Waals surface area contributed by atoms with E-state index < -0.39 is 0 Å². The Morgan fingerprint density at radius 1 is 0.929 bits per heavy atom. The molecule has 82 valence electrons. The third kappa shape index (κ3) is 5.21. The second kappa shape index (κ2) is 8.98. The van der Waals surface area contributed by atoms with Crippen LogP contribution >= 0.6 is 0 Å². The average Bonchev–Trinajstić information content (AvgIpc) is 2.19. The van der Waals surface area contributed by atoms with Gasteiger partial charge in [0.2, 0.25) is 0 Å². The first-order valence-corrected chi connectivity index (χ1v) is 5.96. The van der Waals surface area contributed by atoms with E-state index in [1.54, 1.807) is 0 Å². The maximum absolute atomic E-state index is 10.9. The van der Waals surface area contributed by atoms with Crippen molar-refractivity contribution in [2.75, 3.05) is 0 Å². The third-order valence-corrected chi connectivity index (χ3v) is 2.50. The van der Waals surface area contributed by atoms with Crippen LogP contribution in [0, 0.1) is 0 Å². The van der Waals surface area contributed by atoms with E-state index in [9.17, 15) is 4.79 Å². The Hall–Kier alpha value is -0.590. The number of hydrogen-bond donors (Lipinski definition) is 0. The zero-order valence-electron chi connectivity index (χ0n) is 9.94. The summed E-state index contributed by atoms with van der Waals surface area (Å²) in [6.45, 7) is 6.53. The van der Waals surface area contributed by atoms with Gasteiger partial charge in [-0.15, -0.1) is 0 Å². The SMILES string of the molecule is CCCCC(C=O)=C(CCC)CCC. The van der Waals surface area contributed by atoms with Crippen LogP contribution in [0.15, 0.2) is 11.1 Å². The molecule has 0 spiro atoms. The minimum Gasteiger partial charge on any atom is -0.298 e. The number of carbonyl (C=O) groups excluding carboxylic acids is 1. The number of unbranched alkanes of at least 4 members (excludes halogenated alkanes) is 1. The van der Waals surface area contributed by atoms with Crippen molar-refractivity contribution in [3.05, 3.63) is 11.1 Å². The highest BCUT2D eigenvalue weighted by molar-refractivity contribution is 5.74. The van der Waals surface area contributed by atoms with Crippen LogP contribution in [0.1, 0.15) is 65.7 Å². The van der Waals surface area contributed by atoms with Crippen molar-refractivity contribution in [3.63, 3.8) is 0 Å². The lowest BCUT2D eigenvalue weighted by Crippen LogP contribution is -1.95. The van der Waals surface area contributed by atoms with E-state index in [0.29, 0.717) is 0 Å². The lowest BCUT2D eigenvalue weighted by atomic mass is 9.96. The van der Waals surface area contributed by atoms with Crippen molar-refractivity contribution in [3.8, 4) is 0 Å². The first kappa shape index (κ1) is 13.4. The van der Waals surface area contributed by atoms with Gasteiger partial charge in [0.05, 0.1) is 0 Å². The molecule has 0 aromatic heterocycles. The number of rotatable bonds is 8. The van der Waals surface area contributed by atoms with Crippen molar-refractivity contribution >= 4 is 6.29 Å². The van der Waals surface area contributed by atoms with Crippen LogP contribution in [0.2, 0.25) is 0 Å². The molecule has 0 atom stereocenters. The van der Waals surface area contributed by atoms with Crippen LogP contribution < -0.4 is 0 Å². The summed E-state index contributed by atoms with van der Waals surface area (Å²) in [6.07, 6.45) is 8.88. The first-order valence-electron chi connectivity index (χ1n) is 5.96. The highest BCUT2D eigenvalue weighted by Crippen LogP contribution is 2.19. The zero-order chi connectivity index (χ0) is 10.8. The monoisotopic (exact) mass is 196 g/mol. The maximum atomic E-state index is 10.9. The highest BCUT2D eigenvalue weighted by atomic mass is 16.1. The van der Waals surface area contributed by atoms with Gasteiger partial charge in [-0.25, -0.2) is 0 Å². The summed E-state index contributed by atoms with van der Waals surface area (Å²) < 4.78 is 0. The summed E-state index contributed by atoms with van der Waals surface area (Å²) in [5, 5.41) is 0. The van der Waals surface area contributed by atoms with Crippen LogP contribution in [-0.4, -0.2) is 6.29 Å². The van der Waals surface area contributed by atoms with Crippen LogP contribution in [0.4, 0.5) is 0 Å². The summed E-state index contributed by atoms with van der Waals surface area (Å²) in [7, 11) is 0. The lowest BCUT2D eigenvalue weighted by molar-refractivity contribution is -0.105. The Morgan fingerprint density at radius 2 is 1.50 bits per heavy atom.